The summed E-state index contributed by atoms with van der Waals surface area (Å²) in [5, 5.41) is 5.62. The number of esters is 1. The van der Waals surface area contributed by atoms with E-state index in [2.05, 4.69) is 10.6 Å². The van der Waals surface area contributed by atoms with E-state index >= 15 is 0 Å². The molecule has 0 aromatic heterocycles. The molecule has 8 heteroatoms. The largest absolute Gasteiger partial charge is 0.463 e. The molecule has 1 heterocycles. The lowest BCUT2D eigenvalue weighted by atomic mass is 9.94. The van der Waals surface area contributed by atoms with E-state index in [9.17, 15) is 14.4 Å². The van der Waals surface area contributed by atoms with Crippen molar-refractivity contribution in [1.82, 2.24) is 10.2 Å². The molecule has 0 unspecified atom stereocenters. The maximum absolute atomic E-state index is 12.7. The Balaban J connectivity index is 2.33. The van der Waals surface area contributed by atoms with Crippen LogP contribution in [0.4, 0.5) is 10.5 Å². The number of nitrogens with one attached hydrogen (secondary N) is 2. The molecule has 1 aliphatic heterocycles. The topological polar surface area (TPSA) is 97.0 Å². The first kappa shape index (κ1) is 22.4. The summed E-state index contributed by atoms with van der Waals surface area (Å²) < 4.78 is 10.0. The third kappa shape index (κ3) is 5.57. The Kier molecular flexibility index (Phi) is 8.21. The number of unbranched alkanes of at least 4 members (excludes halogenated alkanes) is 1. The Morgan fingerprint density at radius 3 is 2.48 bits per heavy atom. The lowest BCUT2D eigenvalue weighted by Gasteiger charge is -2.35. The first-order valence-corrected chi connectivity index (χ1v) is 9.77. The van der Waals surface area contributed by atoms with Gasteiger partial charge in [-0.3, -0.25) is 9.69 Å². The summed E-state index contributed by atoms with van der Waals surface area (Å²) in [5.74, 6) is -0.713. The van der Waals surface area contributed by atoms with Crippen LogP contribution in [0.25, 0.3) is 0 Å². The summed E-state index contributed by atoms with van der Waals surface area (Å²) >= 11 is 0. The number of allylic oxidation sites excluding steroid dienone is 1. The number of hydrogen-bond donors (Lipinski definition) is 2. The third-order valence-corrected chi connectivity index (χ3v) is 4.63. The predicted octanol–water partition coefficient (Wildman–Crippen LogP) is 2.98. The molecule has 0 aliphatic carbocycles. The number of hydrogen-bond acceptors (Lipinski definition) is 5. The molecule has 0 saturated heterocycles. The molecule has 1 atom stereocenters. The zero-order chi connectivity index (χ0) is 21.4. The van der Waals surface area contributed by atoms with Gasteiger partial charge in [-0.05, 0) is 38.0 Å². The second-order valence-corrected chi connectivity index (χ2v) is 6.71. The summed E-state index contributed by atoms with van der Waals surface area (Å²) in [6, 6.07) is 6.10. The summed E-state index contributed by atoms with van der Waals surface area (Å²) in [4.78, 5) is 38.6. The zero-order valence-corrected chi connectivity index (χ0v) is 17.4. The van der Waals surface area contributed by atoms with Crippen LogP contribution in [-0.4, -0.2) is 49.7 Å². The molecular weight excluding hydrogens is 374 g/mol. The molecule has 1 aliphatic rings. The van der Waals surface area contributed by atoms with Crippen LogP contribution in [0.1, 0.15) is 45.2 Å². The quantitative estimate of drug-likeness (QED) is 0.618. The number of anilines is 1. The van der Waals surface area contributed by atoms with Gasteiger partial charge in [0.15, 0.2) is 0 Å². The zero-order valence-electron chi connectivity index (χ0n) is 17.4. The second kappa shape index (κ2) is 10.6. The number of nitrogens with zero attached hydrogens (tertiary/aromatic N) is 1. The van der Waals surface area contributed by atoms with Gasteiger partial charge in [-0.2, -0.15) is 0 Å². The molecule has 1 aromatic rings. The van der Waals surface area contributed by atoms with E-state index in [0.717, 1.165) is 18.4 Å². The summed E-state index contributed by atoms with van der Waals surface area (Å²) in [6.07, 6.45) is 1.77. The molecule has 1 aromatic carbocycles. The van der Waals surface area contributed by atoms with Gasteiger partial charge >= 0.3 is 12.0 Å². The van der Waals surface area contributed by atoms with Crippen molar-refractivity contribution in [3.63, 3.8) is 0 Å². The fourth-order valence-corrected chi connectivity index (χ4v) is 3.18. The standard InChI is InChI=1S/C21H29N3O5/c1-5-7-12-24-14(3)18(20(26)29-6-2)19(23-21(24)27)15-8-10-16(11-9-15)22-17(25)13-28-4/h8-11,19H,5-7,12-13H2,1-4H3,(H,22,25)(H,23,27)/t19-/m1/s1. The van der Waals surface area contributed by atoms with Crippen LogP contribution >= 0.6 is 0 Å². The summed E-state index contributed by atoms with van der Waals surface area (Å²) in [7, 11) is 1.45. The monoisotopic (exact) mass is 403 g/mol. The lowest BCUT2D eigenvalue weighted by molar-refractivity contribution is -0.139. The fraction of sp³-hybridized carbons (Fsp3) is 0.476. The van der Waals surface area contributed by atoms with Crippen LogP contribution < -0.4 is 10.6 Å². The van der Waals surface area contributed by atoms with Gasteiger partial charge in [0.25, 0.3) is 0 Å². The molecular formula is C21H29N3O5. The van der Waals surface area contributed by atoms with Gasteiger partial charge in [-0.25, -0.2) is 9.59 Å². The van der Waals surface area contributed by atoms with Gasteiger partial charge in [0.05, 0.1) is 18.2 Å². The van der Waals surface area contributed by atoms with Gasteiger partial charge < -0.3 is 20.1 Å². The van der Waals surface area contributed by atoms with Gasteiger partial charge in [0, 0.05) is 25.0 Å². The molecule has 0 fully saturated rings. The Labute approximate surface area is 171 Å². The number of carbonyl (C=O) groups excluding carboxylic acids is 3. The van der Waals surface area contributed by atoms with Crippen LogP contribution in [0.2, 0.25) is 0 Å². The summed E-state index contributed by atoms with van der Waals surface area (Å²) in [5.41, 5.74) is 2.34. The van der Waals surface area contributed by atoms with Crippen molar-refractivity contribution in [3.8, 4) is 0 Å². The minimum atomic E-state index is -0.622. The average molecular weight is 403 g/mol. The second-order valence-electron chi connectivity index (χ2n) is 6.71. The Hall–Kier alpha value is -2.87. The SMILES string of the molecule is CCCCN1C(=O)N[C@H](c2ccc(NC(=O)COC)cc2)C(C(=O)OCC)=C1C. The van der Waals surface area contributed by atoms with Gasteiger partial charge in [0.2, 0.25) is 5.91 Å². The van der Waals surface area contributed by atoms with E-state index < -0.39 is 12.0 Å². The number of urea groups is 1. The van der Waals surface area contributed by atoms with Crippen LogP contribution in [-0.2, 0) is 19.1 Å². The van der Waals surface area contributed by atoms with Crippen LogP contribution in [0, 0.1) is 0 Å². The molecule has 29 heavy (non-hydrogen) atoms. The van der Waals surface area contributed by atoms with E-state index in [-0.39, 0.29) is 25.2 Å². The molecule has 3 amide bonds. The van der Waals surface area contributed by atoms with Gasteiger partial charge in [-0.1, -0.05) is 25.5 Å². The highest BCUT2D eigenvalue weighted by molar-refractivity contribution is 5.95. The van der Waals surface area contributed by atoms with Crippen molar-refractivity contribution < 1.29 is 23.9 Å². The lowest BCUT2D eigenvalue weighted by Crippen LogP contribution is -2.48. The Morgan fingerprint density at radius 1 is 1.21 bits per heavy atom. The number of carbonyl (C=O) groups is 3. The maximum Gasteiger partial charge on any atom is 0.338 e. The molecule has 8 nitrogen and oxygen atoms in total. The highest BCUT2D eigenvalue weighted by Gasteiger charge is 2.36. The van der Waals surface area contributed by atoms with Crippen molar-refractivity contribution in [2.45, 2.75) is 39.7 Å². The van der Waals surface area contributed by atoms with Gasteiger partial charge in [0.1, 0.15) is 6.61 Å². The molecule has 0 radical (unpaired) electrons. The maximum atomic E-state index is 12.7. The number of methoxy groups -OCH3 is 1. The first-order valence-electron chi connectivity index (χ1n) is 9.77. The molecule has 2 N–H and O–H groups in total. The smallest absolute Gasteiger partial charge is 0.338 e. The van der Waals surface area contributed by atoms with E-state index in [4.69, 9.17) is 9.47 Å². The predicted molar refractivity (Wildman–Crippen MR) is 109 cm³/mol. The number of benzene rings is 1. The first-order chi connectivity index (χ1) is 13.9. The van der Waals surface area contributed by atoms with E-state index in [1.54, 1.807) is 43.0 Å². The van der Waals surface area contributed by atoms with E-state index in [0.29, 0.717) is 23.5 Å². The summed E-state index contributed by atoms with van der Waals surface area (Å²) in [6.45, 7) is 6.30. The number of ether oxygens (including phenoxy) is 2. The minimum Gasteiger partial charge on any atom is -0.463 e. The van der Waals surface area contributed by atoms with Crippen molar-refractivity contribution in [3.05, 3.63) is 41.1 Å². The molecule has 0 bridgehead atoms. The van der Waals surface area contributed by atoms with E-state index in [1.807, 2.05) is 6.92 Å². The Morgan fingerprint density at radius 2 is 1.90 bits per heavy atom. The van der Waals surface area contributed by atoms with Crippen LogP contribution in [0.15, 0.2) is 35.5 Å². The van der Waals surface area contributed by atoms with Crippen molar-refractivity contribution in [2.75, 3.05) is 32.2 Å². The average Bonchev–Trinajstić information content (AvgIpc) is 2.68. The number of amides is 3. The third-order valence-electron chi connectivity index (χ3n) is 4.63. The molecule has 0 spiro atoms. The normalized spacial score (nSPS) is 16.5. The van der Waals surface area contributed by atoms with Crippen molar-refractivity contribution >= 4 is 23.6 Å². The highest BCUT2D eigenvalue weighted by Crippen LogP contribution is 2.32. The molecule has 2 rings (SSSR count). The van der Waals surface area contributed by atoms with Crippen LogP contribution in [0.3, 0.4) is 0 Å². The highest BCUT2D eigenvalue weighted by atomic mass is 16.5. The fourth-order valence-electron chi connectivity index (χ4n) is 3.18. The molecule has 0 saturated carbocycles. The van der Waals surface area contributed by atoms with Crippen molar-refractivity contribution in [1.29, 1.82) is 0 Å². The number of rotatable bonds is 9. The minimum absolute atomic E-state index is 0.0387. The molecule has 158 valence electrons. The Bertz CT molecular complexity index is 773. The van der Waals surface area contributed by atoms with Crippen molar-refractivity contribution in [2.24, 2.45) is 0 Å². The van der Waals surface area contributed by atoms with E-state index in [1.165, 1.54) is 7.11 Å². The van der Waals surface area contributed by atoms with Crippen LogP contribution in [0.5, 0.6) is 0 Å². The van der Waals surface area contributed by atoms with Gasteiger partial charge in [-0.15, -0.1) is 0 Å².